The normalized spacial score (nSPS) is 47.8. The number of nitrogens with zero attached hydrogens (tertiary/aromatic N) is 1. The van der Waals surface area contributed by atoms with E-state index in [0.29, 0.717) is 0 Å². The quantitative estimate of drug-likeness (QED) is 0.324. The van der Waals surface area contributed by atoms with E-state index in [9.17, 15) is 15.3 Å². The summed E-state index contributed by atoms with van der Waals surface area (Å²) in [6.07, 6.45) is -7.48. The zero-order valence-electron chi connectivity index (χ0n) is 10.5. The standard InChI is InChI=1S/C11H17NO8/c12-3-11(4-14)6(20-11)2-18-10-9(17)8(16)7(15)5(1-13)19-10/h5-10,13-17H,1-2,4H2/t5-,6-,7-,8+,9-,10-,11-/m0/s1. The Morgan fingerprint density at radius 1 is 1.15 bits per heavy atom. The lowest BCUT2D eigenvalue weighted by atomic mass is 9.99. The molecule has 20 heavy (non-hydrogen) atoms. The molecule has 2 saturated heterocycles. The second-order valence-electron chi connectivity index (χ2n) is 4.80. The van der Waals surface area contributed by atoms with E-state index < -0.39 is 55.6 Å². The van der Waals surface area contributed by atoms with Gasteiger partial charge in [-0.1, -0.05) is 0 Å². The van der Waals surface area contributed by atoms with E-state index >= 15 is 0 Å². The van der Waals surface area contributed by atoms with Crippen LogP contribution in [0.1, 0.15) is 0 Å². The van der Waals surface area contributed by atoms with Gasteiger partial charge in [0.2, 0.25) is 5.60 Å². The van der Waals surface area contributed by atoms with Gasteiger partial charge in [0.1, 0.15) is 36.6 Å². The van der Waals surface area contributed by atoms with Gasteiger partial charge in [-0.05, 0) is 0 Å². The van der Waals surface area contributed by atoms with Crippen molar-refractivity contribution in [2.24, 2.45) is 0 Å². The molecule has 9 heteroatoms. The lowest BCUT2D eigenvalue weighted by molar-refractivity contribution is -0.301. The summed E-state index contributed by atoms with van der Waals surface area (Å²) in [7, 11) is 0. The molecule has 0 aromatic heterocycles. The van der Waals surface area contributed by atoms with Crippen LogP contribution in [0.4, 0.5) is 0 Å². The highest BCUT2D eigenvalue weighted by molar-refractivity contribution is 5.18. The molecule has 0 aliphatic carbocycles. The molecule has 0 aromatic rings. The van der Waals surface area contributed by atoms with Crippen LogP contribution in [0.3, 0.4) is 0 Å². The van der Waals surface area contributed by atoms with Gasteiger partial charge in [-0.3, -0.25) is 0 Å². The summed E-state index contributed by atoms with van der Waals surface area (Å²) in [6, 6.07) is 1.80. The Morgan fingerprint density at radius 2 is 1.85 bits per heavy atom. The first-order chi connectivity index (χ1) is 9.49. The van der Waals surface area contributed by atoms with Crippen LogP contribution in [-0.4, -0.2) is 87.8 Å². The summed E-state index contributed by atoms with van der Waals surface area (Å²) in [6.45, 7) is -1.17. The van der Waals surface area contributed by atoms with Gasteiger partial charge in [-0.2, -0.15) is 5.26 Å². The summed E-state index contributed by atoms with van der Waals surface area (Å²) in [5, 5.41) is 55.6. The third-order valence-electron chi connectivity index (χ3n) is 3.50. The van der Waals surface area contributed by atoms with E-state index in [1.807, 2.05) is 0 Å². The number of hydrogen-bond donors (Lipinski definition) is 5. The molecule has 0 spiro atoms. The Hall–Kier alpha value is -0.830. The Morgan fingerprint density at radius 3 is 2.35 bits per heavy atom. The first-order valence-corrected chi connectivity index (χ1v) is 6.11. The number of hydrogen-bond acceptors (Lipinski definition) is 9. The van der Waals surface area contributed by atoms with Crippen molar-refractivity contribution in [1.82, 2.24) is 0 Å². The van der Waals surface area contributed by atoms with Crippen LogP contribution in [-0.2, 0) is 14.2 Å². The molecule has 9 nitrogen and oxygen atoms in total. The molecule has 0 unspecified atom stereocenters. The second-order valence-corrected chi connectivity index (χ2v) is 4.80. The lowest BCUT2D eigenvalue weighted by Crippen LogP contribution is -2.59. The molecule has 0 amide bonds. The molecule has 0 bridgehead atoms. The molecule has 2 fully saturated rings. The Labute approximate surface area is 114 Å². The molecular formula is C11H17NO8. The van der Waals surface area contributed by atoms with Crippen LogP contribution < -0.4 is 0 Å². The zero-order chi connectivity index (χ0) is 14.9. The fourth-order valence-corrected chi connectivity index (χ4v) is 2.05. The highest BCUT2D eigenvalue weighted by Gasteiger charge is 2.58. The van der Waals surface area contributed by atoms with Crippen LogP contribution in [0.5, 0.6) is 0 Å². The Kier molecular flexibility index (Phi) is 4.58. The minimum absolute atomic E-state index is 0.142. The van der Waals surface area contributed by atoms with Crippen molar-refractivity contribution in [3.63, 3.8) is 0 Å². The number of aliphatic hydroxyl groups excluding tert-OH is 5. The fraction of sp³-hybridized carbons (Fsp3) is 0.909. The van der Waals surface area contributed by atoms with Crippen molar-refractivity contribution in [2.75, 3.05) is 19.8 Å². The van der Waals surface area contributed by atoms with E-state index in [-0.39, 0.29) is 6.61 Å². The number of ether oxygens (including phenoxy) is 3. The van der Waals surface area contributed by atoms with Crippen molar-refractivity contribution in [3.05, 3.63) is 0 Å². The van der Waals surface area contributed by atoms with Gasteiger partial charge >= 0.3 is 0 Å². The van der Waals surface area contributed by atoms with Crippen molar-refractivity contribution in [3.8, 4) is 6.07 Å². The fourth-order valence-electron chi connectivity index (χ4n) is 2.05. The average molecular weight is 291 g/mol. The average Bonchev–Trinajstić information content (AvgIpc) is 3.18. The molecule has 0 aromatic carbocycles. The van der Waals surface area contributed by atoms with Crippen LogP contribution in [0.2, 0.25) is 0 Å². The predicted molar refractivity (Wildman–Crippen MR) is 60.0 cm³/mol. The first-order valence-electron chi connectivity index (χ1n) is 6.11. The number of nitriles is 1. The van der Waals surface area contributed by atoms with Gasteiger partial charge in [-0.25, -0.2) is 0 Å². The summed E-state index contributed by atoms with van der Waals surface area (Å²) in [5.41, 5.74) is -1.30. The highest BCUT2D eigenvalue weighted by Crippen LogP contribution is 2.36. The molecule has 0 saturated carbocycles. The summed E-state index contributed by atoms with van der Waals surface area (Å²) in [5.74, 6) is 0. The molecule has 0 radical (unpaired) electrons. The summed E-state index contributed by atoms with van der Waals surface area (Å²) >= 11 is 0. The second kappa shape index (κ2) is 5.88. The van der Waals surface area contributed by atoms with E-state index in [0.717, 1.165) is 0 Å². The van der Waals surface area contributed by atoms with Crippen LogP contribution in [0, 0.1) is 11.3 Å². The molecule has 2 heterocycles. The molecule has 7 atom stereocenters. The summed E-state index contributed by atoms with van der Waals surface area (Å²) < 4.78 is 15.3. The molecule has 5 N–H and O–H groups in total. The largest absolute Gasteiger partial charge is 0.394 e. The smallest absolute Gasteiger partial charge is 0.205 e. The third-order valence-corrected chi connectivity index (χ3v) is 3.50. The maximum Gasteiger partial charge on any atom is 0.205 e. The van der Waals surface area contributed by atoms with Crippen molar-refractivity contribution in [2.45, 2.75) is 42.4 Å². The number of aliphatic hydroxyl groups is 5. The van der Waals surface area contributed by atoms with Gasteiger partial charge in [0.15, 0.2) is 6.29 Å². The SMILES string of the molecule is N#C[C@@]1(CO)O[C@H]1CO[C@H]1O[C@@H](CO)[C@H](O)[C@@H](O)[C@@H]1O. The van der Waals surface area contributed by atoms with Crippen molar-refractivity contribution in [1.29, 1.82) is 5.26 Å². The van der Waals surface area contributed by atoms with E-state index in [4.69, 9.17) is 29.7 Å². The van der Waals surface area contributed by atoms with E-state index in [1.54, 1.807) is 6.07 Å². The monoisotopic (exact) mass is 291 g/mol. The maximum absolute atomic E-state index is 9.70. The highest BCUT2D eigenvalue weighted by atomic mass is 16.7. The molecule has 2 rings (SSSR count). The van der Waals surface area contributed by atoms with Gasteiger partial charge in [0.25, 0.3) is 0 Å². The molecule has 2 aliphatic heterocycles. The molecule has 114 valence electrons. The van der Waals surface area contributed by atoms with Crippen LogP contribution in [0.25, 0.3) is 0 Å². The minimum atomic E-state index is -1.52. The maximum atomic E-state index is 9.70. The zero-order valence-corrected chi connectivity index (χ0v) is 10.5. The predicted octanol–water partition coefficient (Wildman–Crippen LogP) is -3.54. The van der Waals surface area contributed by atoms with Gasteiger partial charge < -0.3 is 39.7 Å². The van der Waals surface area contributed by atoms with Gasteiger partial charge in [0, 0.05) is 0 Å². The van der Waals surface area contributed by atoms with Gasteiger partial charge in [-0.15, -0.1) is 0 Å². The van der Waals surface area contributed by atoms with Crippen LogP contribution in [0.15, 0.2) is 0 Å². The molecule has 2 aliphatic rings. The molecular weight excluding hydrogens is 274 g/mol. The lowest BCUT2D eigenvalue weighted by Gasteiger charge is -2.39. The third kappa shape index (κ3) is 2.65. The van der Waals surface area contributed by atoms with Crippen molar-refractivity contribution >= 4 is 0 Å². The van der Waals surface area contributed by atoms with E-state index in [1.165, 1.54) is 0 Å². The van der Waals surface area contributed by atoms with Gasteiger partial charge in [0.05, 0.1) is 19.8 Å². The first kappa shape index (κ1) is 15.6. The Balaban J connectivity index is 1.88. The Bertz CT molecular complexity index is 385. The number of rotatable bonds is 5. The number of epoxide rings is 1. The van der Waals surface area contributed by atoms with Crippen LogP contribution >= 0.6 is 0 Å². The summed E-state index contributed by atoms with van der Waals surface area (Å²) in [4.78, 5) is 0. The van der Waals surface area contributed by atoms with Crippen molar-refractivity contribution < 1.29 is 39.7 Å². The van der Waals surface area contributed by atoms with E-state index in [2.05, 4.69) is 0 Å². The topological polar surface area (TPSA) is 156 Å². The minimum Gasteiger partial charge on any atom is -0.394 e.